The number of ether oxygens (including phenoxy) is 1. The lowest BCUT2D eigenvalue weighted by Gasteiger charge is -2.08. The van der Waals surface area contributed by atoms with Crippen LogP contribution in [0.3, 0.4) is 0 Å². The number of hydrogen-bond acceptors (Lipinski definition) is 4. The van der Waals surface area contributed by atoms with Crippen LogP contribution in [-0.2, 0) is 6.54 Å². The normalized spacial score (nSPS) is 10.8. The molecule has 25 heavy (non-hydrogen) atoms. The molecular weight excluding hydrogens is 330 g/mol. The second-order valence-corrected chi connectivity index (χ2v) is 6.90. The molecule has 1 heterocycles. The molecule has 4 nitrogen and oxygen atoms in total. The van der Waals surface area contributed by atoms with Crippen molar-refractivity contribution in [1.82, 2.24) is 15.0 Å². The molecule has 3 aromatic rings. The van der Waals surface area contributed by atoms with Gasteiger partial charge in [-0.25, -0.2) is 4.68 Å². The predicted octanol–water partition coefficient (Wildman–Crippen LogP) is 4.89. The van der Waals surface area contributed by atoms with Crippen LogP contribution in [0.2, 0.25) is 0 Å². The SMILES string of the molecule is CCCCSc1c(-c2ccccc2)nnn1Cc1ccc(OC)cc1. The smallest absolute Gasteiger partial charge is 0.126 e. The second-order valence-electron chi connectivity index (χ2n) is 5.82. The molecule has 0 spiro atoms. The van der Waals surface area contributed by atoms with E-state index in [0.29, 0.717) is 6.54 Å². The van der Waals surface area contributed by atoms with Crippen molar-refractivity contribution >= 4 is 11.8 Å². The molecule has 1 aromatic heterocycles. The van der Waals surface area contributed by atoms with Gasteiger partial charge < -0.3 is 4.74 Å². The number of benzene rings is 2. The Bertz CT molecular complexity index is 784. The van der Waals surface area contributed by atoms with Gasteiger partial charge >= 0.3 is 0 Å². The largest absolute Gasteiger partial charge is 0.497 e. The van der Waals surface area contributed by atoms with Gasteiger partial charge in [0.25, 0.3) is 0 Å². The highest BCUT2D eigenvalue weighted by Crippen LogP contribution is 2.30. The molecule has 2 aromatic carbocycles. The van der Waals surface area contributed by atoms with E-state index < -0.39 is 0 Å². The molecule has 0 radical (unpaired) electrons. The van der Waals surface area contributed by atoms with E-state index in [1.54, 1.807) is 7.11 Å². The lowest BCUT2D eigenvalue weighted by atomic mass is 10.2. The number of unbranched alkanes of at least 4 members (excludes halogenated alkanes) is 1. The fourth-order valence-corrected chi connectivity index (χ4v) is 3.72. The van der Waals surface area contributed by atoms with Gasteiger partial charge in [0, 0.05) is 5.56 Å². The van der Waals surface area contributed by atoms with Crippen molar-refractivity contribution in [3.05, 3.63) is 60.2 Å². The molecule has 0 fully saturated rings. The van der Waals surface area contributed by atoms with Gasteiger partial charge in [0.1, 0.15) is 16.5 Å². The summed E-state index contributed by atoms with van der Waals surface area (Å²) >= 11 is 1.84. The van der Waals surface area contributed by atoms with Gasteiger partial charge in [0.05, 0.1) is 13.7 Å². The molecule has 0 N–H and O–H groups in total. The first-order chi connectivity index (χ1) is 12.3. The molecule has 0 saturated heterocycles. The second kappa shape index (κ2) is 8.72. The highest BCUT2D eigenvalue weighted by molar-refractivity contribution is 7.99. The number of thioether (sulfide) groups is 1. The zero-order chi connectivity index (χ0) is 17.5. The average Bonchev–Trinajstić information content (AvgIpc) is 3.06. The summed E-state index contributed by atoms with van der Waals surface area (Å²) in [5, 5.41) is 10.0. The van der Waals surface area contributed by atoms with E-state index in [0.717, 1.165) is 27.8 Å². The van der Waals surface area contributed by atoms with E-state index in [1.807, 2.05) is 46.8 Å². The van der Waals surface area contributed by atoms with Crippen molar-refractivity contribution in [2.75, 3.05) is 12.9 Å². The third-order valence-electron chi connectivity index (χ3n) is 3.96. The Kier molecular flexibility index (Phi) is 6.12. The first-order valence-electron chi connectivity index (χ1n) is 8.56. The van der Waals surface area contributed by atoms with Crippen LogP contribution < -0.4 is 4.74 Å². The van der Waals surface area contributed by atoms with Gasteiger partial charge in [0.15, 0.2) is 0 Å². The summed E-state index contributed by atoms with van der Waals surface area (Å²) in [4.78, 5) is 0. The molecule has 0 atom stereocenters. The Labute approximate surface area is 153 Å². The molecule has 0 saturated carbocycles. The number of methoxy groups -OCH3 is 1. The maximum atomic E-state index is 5.23. The Morgan fingerprint density at radius 1 is 1.04 bits per heavy atom. The van der Waals surface area contributed by atoms with Gasteiger partial charge in [-0.05, 0) is 29.9 Å². The minimum Gasteiger partial charge on any atom is -0.497 e. The van der Waals surface area contributed by atoms with Crippen LogP contribution in [0.1, 0.15) is 25.3 Å². The zero-order valence-electron chi connectivity index (χ0n) is 14.7. The van der Waals surface area contributed by atoms with Gasteiger partial charge in [-0.1, -0.05) is 61.0 Å². The topological polar surface area (TPSA) is 39.9 Å². The minimum atomic E-state index is 0.707. The van der Waals surface area contributed by atoms with Crippen LogP contribution in [-0.4, -0.2) is 27.9 Å². The summed E-state index contributed by atoms with van der Waals surface area (Å²) in [6.07, 6.45) is 2.38. The molecule has 3 rings (SSSR count). The van der Waals surface area contributed by atoms with Crippen molar-refractivity contribution in [3.63, 3.8) is 0 Å². The van der Waals surface area contributed by atoms with E-state index in [-0.39, 0.29) is 0 Å². The van der Waals surface area contributed by atoms with Crippen LogP contribution in [0, 0.1) is 0 Å². The lowest BCUT2D eigenvalue weighted by molar-refractivity contribution is 0.414. The number of nitrogens with zero attached hydrogens (tertiary/aromatic N) is 3. The Morgan fingerprint density at radius 3 is 2.48 bits per heavy atom. The molecule has 0 aliphatic rings. The van der Waals surface area contributed by atoms with Crippen LogP contribution in [0.5, 0.6) is 5.75 Å². The fraction of sp³-hybridized carbons (Fsp3) is 0.300. The van der Waals surface area contributed by atoms with Crippen LogP contribution >= 0.6 is 11.8 Å². The maximum absolute atomic E-state index is 5.23. The first-order valence-corrected chi connectivity index (χ1v) is 9.55. The van der Waals surface area contributed by atoms with Crippen molar-refractivity contribution in [1.29, 1.82) is 0 Å². The summed E-state index contributed by atoms with van der Waals surface area (Å²) < 4.78 is 7.24. The molecule has 0 aliphatic heterocycles. The zero-order valence-corrected chi connectivity index (χ0v) is 15.5. The van der Waals surface area contributed by atoms with Crippen LogP contribution in [0.15, 0.2) is 59.6 Å². The molecule has 0 aliphatic carbocycles. The average molecular weight is 353 g/mol. The summed E-state index contributed by atoms with van der Waals surface area (Å²) in [5.74, 6) is 1.94. The summed E-state index contributed by atoms with van der Waals surface area (Å²) in [6, 6.07) is 18.4. The third kappa shape index (κ3) is 4.42. The van der Waals surface area contributed by atoms with Crippen molar-refractivity contribution in [3.8, 4) is 17.0 Å². The van der Waals surface area contributed by atoms with E-state index in [4.69, 9.17) is 4.74 Å². The van der Waals surface area contributed by atoms with E-state index in [9.17, 15) is 0 Å². The maximum Gasteiger partial charge on any atom is 0.126 e. The van der Waals surface area contributed by atoms with Crippen molar-refractivity contribution in [2.45, 2.75) is 31.3 Å². The molecule has 5 heteroatoms. The van der Waals surface area contributed by atoms with E-state index >= 15 is 0 Å². The number of hydrogen-bond donors (Lipinski definition) is 0. The minimum absolute atomic E-state index is 0.707. The highest BCUT2D eigenvalue weighted by atomic mass is 32.2. The molecule has 0 bridgehead atoms. The highest BCUT2D eigenvalue weighted by Gasteiger charge is 2.15. The van der Waals surface area contributed by atoms with Gasteiger partial charge in [-0.15, -0.1) is 16.9 Å². The first kappa shape index (κ1) is 17.5. The van der Waals surface area contributed by atoms with Gasteiger partial charge in [-0.3, -0.25) is 0 Å². The Morgan fingerprint density at radius 2 is 1.80 bits per heavy atom. The van der Waals surface area contributed by atoms with Crippen molar-refractivity contribution in [2.24, 2.45) is 0 Å². The van der Waals surface area contributed by atoms with Crippen LogP contribution in [0.4, 0.5) is 0 Å². The number of rotatable bonds is 8. The van der Waals surface area contributed by atoms with Crippen LogP contribution in [0.25, 0.3) is 11.3 Å². The Balaban J connectivity index is 1.87. The van der Waals surface area contributed by atoms with E-state index in [1.165, 1.54) is 18.4 Å². The molecule has 130 valence electrons. The van der Waals surface area contributed by atoms with E-state index in [2.05, 4.69) is 41.5 Å². The standard InChI is InChI=1S/C20H23N3OS/c1-3-4-14-25-20-19(17-8-6-5-7-9-17)21-22-23(20)15-16-10-12-18(24-2)13-11-16/h5-13H,3-4,14-15H2,1-2H3. The van der Waals surface area contributed by atoms with Crippen molar-refractivity contribution < 1.29 is 4.74 Å². The summed E-state index contributed by atoms with van der Waals surface area (Å²) in [7, 11) is 1.68. The molecule has 0 unspecified atom stereocenters. The Hall–Kier alpha value is -2.27. The summed E-state index contributed by atoms with van der Waals surface area (Å²) in [6.45, 7) is 2.92. The molecular formula is C20H23N3OS. The predicted molar refractivity (Wildman–Crippen MR) is 103 cm³/mol. The fourth-order valence-electron chi connectivity index (χ4n) is 2.54. The van der Waals surface area contributed by atoms with Gasteiger partial charge in [-0.2, -0.15) is 0 Å². The van der Waals surface area contributed by atoms with Gasteiger partial charge in [0.2, 0.25) is 0 Å². The monoisotopic (exact) mass is 353 g/mol. The third-order valence-corrected chi connectivity index (χ3v) is 5.14. The molecule has 0 amide bonds. The number of aromatic nitrogens is 3. The lowest BCUT2D eigenvalue weighted by Crippen LogP contribution is -2.04. The quantitative estimate of drug-likeness (QED) is 0.427. The summed E-state index contributed by atoms with van der Waals surface area (Å²) in [5.41, 5.74) is 3.26.